The van der Waals surface area contributed by atoms with Crippen molar-refractivity contribution in [3.63, 3.8) is 0 Å². The lowest BCUT2D eigenvalue weighted by molar-refractivity contribution is 0.624. The van der Waals surface area contributed by atoms with Gasteiger partial charge in [0.2, 0.25) is 5.28 Å². The van der Waals surface area contributed by atoms with Crippen molar-refractivity contribution in [2.45, 2.75) is 9.92 Å². The van der Waals surface area contributed by atoms with E-state index in [9.17, 15) is 4.39 Å². The van der Waals surface area contributed by atoms with Crippen LogP contribution in [-0.4, -0.2) is 9.97 Å². The molecule has 1 aromatic heterocycles. The molecule has 15 heavy (non-hydrogen) atoms. The van der Waals surface area contributed by atoms with Crippen LogP contribution in [0.1, 0.15) is 0 Å². The van der Waals surface area contributed by atoms with Crippen LogP contribution in [0.25, 0.3) is 0 Å². The van der Waals surface area contributed by atoms with Gasteiger partial charge in [0.25, 0.3) is 0 Å². The fraction of sp³-hybridized carbons (Fsp3) is 0. The first kappa shape index (κ1) is 10.4. The molecule has 0 aliphatic rings. The van der Waals surface area contributed by atoms with Gasteiger partial charge in [-0.25, -0.2) is 14.4 Å². The van der Waals surface area contributed by atoms with E-state index >= 15 is 0 Å². The molecule has 0 amide bonds. The Hall–Kier alpha value is -1.13. The number of halogens is 2. The minimum absolute atomic E-state index is 0.191. The maximum absolute atomic E-state index is 12.9. The van der Waals surface area contributed by atoms with Crippen LogP contribution in [0.15, 0.2) is 46.5 Å². The van der Waals surface area contributed by atoms with E-state index in [0.717, 1.165) is 4.90 Å². The fourth-order valence-electron chi connectivity index (χ4n) is 1.03. The molecule has 2 rings (SSSR count). The van der Waals surface area contributed by atoms with Gasteiger partial charge in [0.1, 0.15) is 10.8 Å². The molecule has 2 nitrogen and oxygen atoms in total. The summed E-state index contributed by atoms with van der Waals surface area (Å²) >= 11 is 6.97. The van der Waals surface area contributed by atoms with Crippen molar-refractivity contribution < 1.29 is 4.39 Å². The van der Waals surface area contributed by atoms with Gasteiger partial charge in [-0.3, -0.25) is 0 Å². The molecule has 0 bridgehead atoms. The van der Waals surface area contributed by atoms with Gasteiger partial charge < -0.3 is 0 Å². The second-order valence-corrected chi connectivity index (χ2v) is 4.16. The highest BCUT2D eigenvalue weighted by molar-refractivity contribution is 7.99. The van der Waals surface area contributed by atoms with Gasteiger partial charge in [-0.05, 0) is 35.9 Å². The van der Waals surface area contributed by atoms with Crippen LogP contribution in [0.2, 0.25) is 5.28 Å². The summed E-state index contributed by atoms with van der Waals surface area (Å²) in [4.78, 5) is 8.54. The molecule has 0 spiro atoms. The first-order valence-corrected chi connectivity index (χ1v) is 5.35. The van der Waals surface area contributed by atoms with E-state index in [2.05, 4.69) is 9.97 Å². The Morgan fingerprint density at radius 1 is 1.27 bits per heavy atom. The minimum atomic E-state index is -0.264. The van der Waals surface area contributed by atoms with Gasteiger partial charge in [0.15, 0.2) is 0 Å². The first-order valence-electron chi connectivity index (χ1n) is 4.16. The zero-order valence-corrected chi connectivity index (χ0v) is 9.10. The topological polar surface area (TPSA) is 25.8 Å². The molecule has 0 aliphatic carbocycles. The highest BCUT2D eigenvalue weighted by atomic mass is 35.5. The van der Waals surface area contributed by atoms with E-state index in [1.807, 2.05) is 6.07 Å². The monoisotopic (exact) mass is 240 g/mol. The third-order valence-corrected chi connectivity index (χ3v) is 2.73. The van der Waals surface area contributed by atoms with Gasteiger partial charge in [0.05, 0.1) is 0 Å². The third-order valence-electron chi connectivity index (χ3n) is 1.62. The molecular formula is C10H6ClFN2S. The van der Waals surface area contributed by atoms with E-state index in [1.165, 1.54) is 23.9 Å². The SMILES string of the molecule is Fc1cccc(Sc2ccnc(Cl)n2)c1. The molecular weight excluding hydrogens is 235 g/mol. The van der Waals surface area contributed by atoms with Crippen LogP contribution in [-0.2, 0) is 0 Å². The van der Waals surface area contributed by atoms with E-state index in [4.69, 9.17) is 11.6 Å². The van der Waals surface area contributed by atoms with Crippen LogP contribution in [0, 0.1) is 5.82 Å². The highest BCUT2D eigenvalue weighted by Crippen LogP contribution is 2.26. The molecule has 0 fully saturated rings. The van der Waals surface area contributed by atoms with Crippen molar-refractivity contribution in [1.29, 1.82) is 0 Å². The predicted octanol–water partition coefficient (Wildman–Crippen LogP) is 3.42. The Labute approximate surface area is 95.5 Å². The summed E-state index contributed by atoms with van der Waals surface area (Å²) in [7, 11) is 0. The van der Waals surface area contributed by atoms with E-state index in [1.54, 1.807) is 18.3 Å². The number of nitrogens with zero attached hydrogens (tertiary/aromatic N) is 2. The summed E-state index contributed by atoms with van der Waals surface area (Å²) < 4.78 is 12.9. The molecule has 0 saturated heterocycles. The Balaban J connectivity index is 2.22. The molecule has 76 valence electrons. The van der Waals surface area contributed by atoms with Crippen molar-refractivity contribution in [2.75, 3.05) is 0 Å². The Kier molecular flexibility index (Phi) is 3.18. The maximum atomic E-state index is 12.9. The average Bonchev–Trinajstić information content (AvgIpc) is 2.17. The Morgan fingerprint density at radius 2 is 2.13 bits per heavy atom. The lowest BCUT2D eigenvalue weighted by atomic mass is 10.4. The summed E-state index contributed by atoms with van der Waals surface area (Å²) in [5, 5.41) is 0.886. The quantitative estimate of drug-likeness (QED) is 0.594. The van der Waals surface area contributed by atoms with Crippen molar-refractivity contribution >= 4 is 23.4 Å². The van der Waals surface area contributed by atoms with Gasteiger partial charge in [0, 0.05) is 11.1 Å². The summed E-state index contributed by atoms with van der Waals surface area (Å²) in [6.07, 6.45) is 1.57. The number of benzene rings is 1. The average molecular weight is 241 g/mol. The number of aromatic nitrogens is 2. The van der Waals surface area contributed by atoms with Crippen molar-refractivity contribution in [2.24, 2.45) is 0 Å². The zero-order valence-electron chi connectivity index (χ0n) is 7.52. The molecule has 5 heteroatoms. The standard InChI is InChI=1S/C10H6ClFN2S/c11-10-13-5-4-9(14-10)15-8-3-1-2-7(12)6-8/h1-6H. The lowest BCUT2D eigenvalue weighted by Gasteiger charge is -2.00. The maximum Gasteiger partial charge on any atom is 0.223 e. The van der Waals surface area contributed by atoms with Crippen LogP contribution < -0.4 is 0 Å². The number of hydrogen-bond acceptors (Lipinski definition) is 3. The summed E-state index contributed by atoms with van der Waals surface area (Å²) in [5.74, 6) is -0.264. The van der Waals surface area contributed by atoms with Gasteiger partial charge in [-0.2, -0.15) is 0 Å². The van der Waals surface area contributed by atoms with Crippen LogP contribution in [0.3, 0.4) is 0 Å². The smallest absolute Gasteiger partial charge is 0.223 e. The van der Waals surface area contributed by atoms with Crippen molar-refractivity contribution in [1.82, 2.24) is 9.97 Å². The molecule has 2 aromatic rings. The number of hydrogen-bond donors (Lipinski definition) is 0. The first-order chi connectivity index (χ1) is 7.24. The summed E-state index contributed by atoms with van der Waals surface area (Å²) in [6.45, 7) is 0. The summed E-state index contributed by atoms with van der Waals surface area (Å²) in [5.41, 5.74) is 0. The normalized spacial score (nSPS) is 10.3. The van der Waals surface area contributed by atoms with E-state index in [-0.39, 0.29) is 11.1 Å². The predicted molar refractivity (Wildman–Crippen MR) is 57.6 cm³/mol. The van der Waals surface area contributed by atoms with Crippen molar-refractivity contribution in [3.8, 4) is 0 Å². The number of rotatable bonds is 2. The van der Waals surface area contributed by atoms with Crippen molar-refractivity contribution in [3.05, 3.63) is 47.6 Å². The zero-order chi connectivity index (χ0) is 10.7. The van der Waals surface area contributed by atoms with E-state index < -0.39 is 0 Å². The second-order valence-electron chi connectivity index (χ2n) is 2.72. The second kappa shape index (κ2) is 4.59. The van der Waals surface area contributed by atoms with Crippen LogP contribution in [0.5, 0.6) is 0 Å². The molecule has 0 saturated carbocycles. The highest BCUT2D eigenvalue weighted by Gasteiger charge is 2.01. The minimum Gasteiger partial charge on any atom is -0.226 e. The van der Waals surface area contributed by atoms with Gasteiger partial charge in [-0.1, -0.05) is 17.8 Å². The molecule has 0 aliphatic heterocycles. The molecule has 0 atom stereocenters. The van der Waals surface area contributed by atoms with E-state index in [0.29, 0.717) is 5.03 Å². The lowest BCUT2D eigenvalue weighted by Crippen LogP contribution is -1.84. The molecule has 1 aromatic carbocycles. The van der Waals surface area contributed by atoms with Crippen LogP contribution >= 0.6 is 23.4 Å². The third kappa shape index (κ3) is 2.91. The van der Waals surface area contributed by atoms with Gasteiger partial charge >= 0.3 is 0 Å². The van der Waals surface area contributed by atoms with Gasteiger partial charge in [-0.15, -0.1) is 0 Å². The summed E-state index contributed by atoms with van der Waals surface area (Å²) in [6, 6.07) is 8.03. The fourth-order valence-corrected chi connectivity index (χ4v) is 2.05. The molecule has 0 N–H and O–H groups in total. The Morgan fingerprint density at radius 3 is 2.87 bits per heavy atom. The molecule has 1 heterocycles. The van der Waals surface area contributed by atoms with Crippen LogP contribution in [0.4, 0.5) is 4.39 Å². The molecule has 0 unspecified atom stereocenters. The largest absolute Gasteiger partial charge is 0.226 e. The Bertz CT molecular complexity index is 435. The molecule has 0 radical (unpaired) electrons.